The molecule has 0 radical (unpaired) electrons. The second-order valence-corrected chi connectivity index (χ2v) is 8.16. The molecule has 0 spiro atoms. The summed E-state index contributed by atoms with van der Waals surface area (Å²) in [6, 6.07) is 0. The SMILES string of the molecule is CCOP(=O)(OCC)OCC[N+](C)(C)CCCCCC(=O)O.O=C([O-])C(F)(F)F. The Morgan fingerprint density at radius 1 is 1.00 bits per heavy atom. The number of quaternary nitrogens is 1. The highest BCUT2D eigenvalue weighted by molar-refractivity contribution is 7.48. The Bertz CT molecular complexity index is 519. The first-order valence-corrected chi connectivity index (χ1v) is 10.5. The van der Waals surface area contributed by atoms with Gasteiger partial charge in [-0.25, -0.2) is 4.57 Å². The maximum Gasteiger partial charge on any atom is 0.474 e. The fraction of sp³-hybridized carbons (Fsp3) is 0.875. The quantitative estimate of drug-likeness (QED) is 0.241. The van der Waals surface area contributed by atoms with Crippen LogP contribution in [0.5, 0.6) is 0 Å². The van der Waals surface area contributed by atoms with Gasteiger partial charge in [0.15, 0.2) is 0 Å². The fourth-order valence-corrected chi connectivity index (χ4v) is 3.09. The first-order valence-electron chi connectivity index (χ1n) is 9.04. The van der Waals surface area contributed by atoms with Gasteiger partial charge in [0.25, 0.3) is 0 Å². The van der Waals surface area contributed by atoms with Gasteiger partial charge in [-0.05, 0) is 33.1 Å². The van der Waals surface area contributed by atoms with Crippen LogP contribution in [-0.2, 0) is 27.7 Å². The van der Waals surface area contributed by atoms with E-state index in [9.17, 15) is 22.5 Å². The molecule has 13 heteroatoms. The molecule has 9 nitrogen and oxygen atoms in total. The Morgan fingerprint density at radius 3 is 1.86 bits per heavy atom. The van der Waals surface area contributed by atoms with Gasteiger partial charge in [0.05, 0.1) is 33.9 Å². The number of nitrogens with zero attached hydrogens (tertiary/aromatic N) is 1. The van der Waals surface area contributed by atoms with Crippen molar-refractivity contribution < 1.29 is 55.6 Å². The first kappa shape index (κ1) is 30.0. The molecular formula is C16H31F3NO8P. The van der Waals surface area contributed by atoms with Crippen LogP contribution < -0.4 is 5.11 Å². The van der Waals surface area contributed by atoms with Gasteiger partial charge in [-0.3, -0.25) is 18.4 Å². The van der Waals surface area contributed by atoms with Gasteiger partial charge in [-0.2, -0.15) is 13.2 Å². The monoisotopic (exact) mass is 453 g/mol. The molecule has 0 aliphatic heterocycles. The highest BCUT2D eigenvalue weighted by Crippen LogP contribution is 2.49. The second kappa shape index (κ2) is 14.7. The van der Waals surface area contributed by atoms with Crippen molar-refractivity contribution in [3.8, 4) is 0 Å². The van der Waals surface area contributed by atoms with E-state index in [1.165, 1.54) is 0 Å². The lowest BCUT2D eigenvalue weighted by Crippen LogP contribution is -2.43. The molecule has 0 atom stereocenters. The average molecular weight is 453 g/mol. The highest BCUT2D eigenvalue weighted by Gasteiger charge is 2.29. The molecule has 0 fully saturated rings. The number of likely N-dealkylation sites (N-methyl/N-ethyl adjacent to an activating group) is 1. The molecule has 0 aromatic carbocycles. The molecule has 0 bridgehead atoms. The van der Waals surface area contributed by atoms with E-state index in [4.69, 9.17) is 28.6 Å². The van der Waals surface area contributed by atoms with E-state index >= 15 is 0 Å². The number of hydrogen-bond donors (Lipinski definition) is 1. The minimum Gasteiger partial charge on any atom is -0.542 e. The van der Waals surface area contributed by atoms with Crippen LogP contribution in [0.4, 0.5) is 13.2 Å². The largest absolute Gasteiger partial charge is 0.542 e. The summed E-state index contributed by atoms with van der Waals surface area (Å²) in [5, 5.41) is 17.4. The minimum absolute atomic E-state index is 0.225. The van der Waals surface area contributed by atoms with Crippen molar-refractivity contribution in [1.82, 2.24) is 0 Å². The molecule has 0 aromatic heterocycles. The van der Waals surface area contributed by atoms with Crippen LogP contribution in [0, 0.1) is 0 Å². The molecule has 29 heavy (non-hydrogen) atoms. The topological polar surface area (TPSA) is 122 Å². The van der Waals surface area contributed by atoms with Crippen molar-refractivity contribution in [3.63, 3.8) is 0 Å². The zero-order valence-electron chi connectivity index (χ0n) is 17.2. The maximum absolute atomic E-state index is 12.1. The lowest BCUT2D eigenvalue weighted by molar-refractivity contribution is -0.890. The summed E-state index contributed by atoms with van der Waals surface area (Å²) < 4.78 is 59.9. The Labute approximate surface area is 168 Å². The summed E-state index contributed by atoms with van der Waals surface area (Å²) >= 11 is 0. The van der Waals surface area contributed by atoms with Gasteiger partial charge >= 0.3 is 20.0 Å². The molecular weight excluding hydrogens is 422 g/mol. The molecule has 0 aromatic rings. The molecule has 0 saturated heterocycles. The van der Waals surface area contributed by atoms with Gasteiger partial charge in [0.2, 0.25) is 0 Å². The van der Waals surface area contributed by atoms with Gasteiger partial charge in [-0.1, -0.05) is 0 Å². The maximum atomic E-state index is 12.1. The number of phosphoric acid groups is 1. The van der Waals surface area contributed by atoms with Crippen molar-refractivity contribution in [1.29, 1.82) is 0 Å². The molecule has 0 saturated carbocycles. The zero-order chi connectivity index (χ0) is 23.1. The Morgan fingerprint density at radius 2 is 1.48 bits per heavy atom. The van der Waals surface area contributed by atoms with Crippen molar-refractivity contribution in [2.24, 2.45) is 0 Å². The number of hydrogen-bond acceptors (Lipinski definition) is 7. The molecule has 0 unspecified atom stereocenters. The number of aliphatic carboxylic acids is 2. The third-order valence-corrected chi connectivity index (χ3v) is 5.05. The van der Waals surface area contributed by atoms with Crippen molar-refractivity contribution in [3.05, 3.63) is 0 Å². The molecule has 174 valence electrons. The number of carboxylic acid groups (broad SMARTS) is 2. The summed E-state index contributed by atoms with van der Waals surface area (Å²) in [5.74, 6) is -3.75. The number of carbonyl (C=O) groups excluding carboxylic acids is 1. The number of carboxylic acids is 2. The zero-order valence-corrected chi connectivity index (χ0v) is 18.1. The third-order valence-electron chi connectivity index (χ3n) is 3.41. The van der Waals surface area contributed by atoms with E-state index in [1.54, 1.807) is 13.8 Å². The second-order valence-electron chi connectivity index (χ2n) is 6.49. The number of phosphoric ester groups is 1. The standard InChI is InChI=1S/C14H30NO6P.C2HF3O2/c1-5-19-22(18,20-6-2)21-13-12-15(3,4)11-9-7-8-10-14(16)17;3-2(4,5)1(6)7/h5-13H2,1-4H3;(H,6,7). The molecule has 0 rings (SSSR count). The lowest BCUT2D eigenvalue weighted by atomic mass is 10.2. The van der Waals surface area contributed by atoms with E-state index in [1.807, 2.05) is 0 Å². The lowest BCUT2D eigenvalue weighted by Gasteiger charge is -2.30. The Kier molecular flexibility index (Phi) is 15.2. The Hall–Kier alpha value is -1.20. The molecule has 1 N–H and O–H groups in total. The van der Waals surface area contributed by atoms with E-state index in [0.717, 1.165) is 19.4 Å². The highest BCUT2D eigenvalue weighted by atomic mass is 31.2. The molecule has 0 heterocycles. The Balaban J connectivity index is 0. The third kappa shape index (κ3) is 18.6. The molecule has 0 amide bonds. The van der Waals surface area contributed by atoms with Gasteiger partial charge in [0.1, 0.15) is 19.1 Å². The molecule has 0 aliphatic carbocycles. The van der Waals surface area contributed by atoms with E-state index in [-0.39, 0.29) is 19.6 Å². The van der Waals surface area contributed by atoms with Crippen molar-refractivity contribution in [2.45, 2.75) is 45.7 Å². The normalized spacial score (nSPS) is 12.2. The number of rotatable bonds is 14. The number of alkyl halides is 3. The van der Waals surface area contributed by atoms with Crippen LogP contribution in [0.25, 0.3) is 0 Å². The van der Waals surface area contributed by atoms with Crippen molar-refractivity contribution >= 4 is 19.8 Å². The number of halogens is 3. The summed E-state index contributed by atoms with van der Waals surface area (Å²) in [7, 11) is 0.696. The van der Waals surface area contributed by atoms with Crippen LogP contribution in [0.2, 0.25) is 0 Å². The number of carbonyl (C=O) groups is 2. The van der Waals surface area contributed by atoms with Gasteiger partial charge in [0, 0.05) is 6.42 Å². The predicted octanol–water partition coefficient (Wildman–Crippen LogP) is 2.20. The fourth-order valence-electron chi connectivity index (χ4n) is 1.93. The van der Waals surface area contributed by atoms with Crippen LogP contribution in [-0.4, -0.2) is 74.7 Å². The van der Waals surface area contributed by atoms with E-state index < -0.39 is 25.9 Å². The van der Waals surface area contributed by atoms with Crippen LogP contribution in [0.1, 0.15) is 39.5 Å². The average Bonchev–Trinajstić information content (AvgIpc) is 2.54. The summed E-state index contributed by atoms with van der Waals surface area (Å²) in [4.78, 5) is 19.2. The summed E-state index contributed by atoms with van der Waals surface area (Å²) in [5.41, 5.74) is 0. The van der Waals surface area contributed by atoms with Gasteiger partial charge in [-0.15, -0.1) is 0 Å². The van der Waals surface area contributed by atoms with Crippen LogP contribution >= 0.6 is 7.82 Å². The summed E-state index contributed by atoms with van der Waals surface area (Å²) in [6.07, 6.45) is -2.42. The minimum atomic E-state index is -5.19. The van der Waals surface area contributed by atoms with E-state index in [0.29, 0.717) is 24.1 Å². The smallest absolute Gasteiger partial charge is 0.474 e. The van der Waals surface area contributed by atoms with E-state index in [2.05, 4.69) is 14.1 Å². The predicted molar refractivity (Wildman–Crippen MR) is 95.8 cm³/mol. The van der Waals surface area contributed by atoms with Crippen LogP contribution in [0.3, 0.4) is 0 Å². The van der Waals surface area contributed by atoms with Crippen molar-refractivity contribution in [2.75, 3.05) is 47.0 Å². The van der Waals surface area contributed by atoms with Crippen LogP contribution in [0.15, 0.2) is 0 Å². The van der Waals surface area contributed by atoms with Gasteiger partial charge < -0.3 is 19.5 Å². The summed E-state index contributed by atoms with van der Waals surface area (Å²) in [6.45, 7) is 5.93. The molecule has 0 aliphatic rings. The first-order chi connectivity index (χ1) is 13.2. The number of unbranched alkanes of at least 4 members (excludes halogenated alkanes) is 2.